The van der Waals surface area contributed by atoms with E-state index in [4.69, 9.17) is 0 Å². The summed E-state index contributed by atoms with van der Waals surface area (Å²) in [5.41, 5.74) is 1.70. The van der Waals surface area contributed by atoms with Crippen LogP contribution in [0.15, 0.2) is 24.3 Å². The van der Waals surface area contributed by atoms with Crippen LogP contribution in [0, 0.1) is 0 Å². The Kier molecular flexibility index (Phi) is 3.87. The third-order valence-electron chi connectivity index (χ3n) is 3.44. The van der Waals surface area contributed by atoms with Crippen LogP contribution in [-0.4, -0.2) is 37.3 Å². The van der Waals surface area contributed by atoms with Crippen molar-refractivity contribution < 1.29 is 9.90 Å². The van der Waals surface area contributed by atoms with E-state index < -0.39 is 6.10 Å². The third-order valence-corrected chi connectivity index (χ3v) is 3.44. The Bertz CT molecular complexity index is 414. The second-order valence-corrected chi connectivity index (χ2v) is 5.02. The highest BCUT2D eigenvalue weighted by Gasteiger charge is 2.26. The summed E-state index contributed by atoms with van der Waals surface area (Å²) in [5.74, 6) is -0.105. The van der Waals surface area contributed by atoms with Gasteiger partial charge < -0.3 is 15.3 Å². The number of nitrogens with one attached hydrogen (secondary N) is 1. The quantitative estimate of drug-likeness (QED) is 0.850. The number of anilines is 1. The van der Waals surface area contributed by atoms with Crippen LogP contribution in [0.2, 0.25) is 0 Å². The van der Waals surface area contributed by atoms with Crippen molar-refractivity contribution in [3.63, 3.8) is 0 Å². The molecule has 0 radical (unpaired) electrons. The summed E-state index contributed by atoms with van der Waals surface area (Å²) in [6.07, 6.45) is 2.23. The van der Waals surface area contributed by atoms with Crippen molar-refractivity contribution >= 4 is 11.6 Å². The van der Waals surface area contributed by atoms with Gasteiger partial charge in [-0.3, -0.25) is 4.79 Å². The first-order valence-corrected chi connectivity index (χ1v) is 6.34. The van der Waals surface area contributed by atoms with Gasteiger partial charge >= 0.3 is 0 Å². The SMILES string of the molecule is CN(C)c1ccc(C(=O)NC2CCCC2O)cc1. The van der Waals surface area contributed by atoms with Crippen molar-refractivity contribution in [1.29, 1.82) is 0 Å². The molecule has 1 aliphatic rings. The van der Waals surface area contributed by atoms with Gasteiger partial charge in [0.15, 0.2) is 0 Å². The van der Waals surface area contributed by atoms with Gasteiger partial charge in [0.25, 0.3) is 5.91 Å². The van der Waals surface area contributed by atoms with E-state index in [2.05, 4.69) is 5.32 Å². The molecule has 0 bridgehead atoms. The Labute approximate surface area is 108 Å². The molecule has 2 rings (SSSR count). The van der Waals surface area contributed by atoms with E-state index in [-0.39, 0.29) is 11.9 Å². The van der Waals surface area contributed by atoms with E-state index in [0.717, 1.165) is 24.9 Å². The van der Waals surface area contributed by atoms with Crippen molar-refractivity contribution in [2.45, 2.75) is 31.4 Å². The normalized spacial score (nSPS) is 22.8. The number of aliphatic hydroxyl groups excluding tert-OH is 1. The molecule has 0 saturated heterocycles. The number of rotatable bonds is 3. The number of nitrogens with zero attached hydrogens (tertiary/aromatic N) is 1. The second-order valence-electron chi connectivity index (χ2n) is 5.02. The molecule has 4 nitrogen and oxygen atoms in total. The molecule has 1 aliphatic carbocycles. The zero-order valence-corrected chi connectivity index (χ0v) is 10.9. The van der Waals surface area contributed by atoms with Gasteiger partial charge in [0, 0.05) is 25.3 Å². The maximum absolute atomic E-state index is 12.0. The lowest BCUT2D eigenvalue weighted by atomic mass is 10.1. The summed E-state index contributed by atoms with van der Waals surface area (Å²) in [4.78, 5) is 14.0. The first-order chi connectivity index (χ1) is 8.58. The van der Waals surface area contributed by atoms with Crippen LogP contribution in [0.5, 0.6) is 0 Å². The van der Waals surface area contributed by atoms with Crippen LogP contribution in [-0.2, 0) is 0 Å². The number of amides is 1. The van der Waals surface area contributed by atoms with Crippen LogP contribution in [0.25, 0.3) is 0 Å². The molecule has 2 atom stereocenters. The van der Waals surface area contributed by atoms with Gasteiger partial charge in [-0.15, -0.1) is 0 Å². The molecule has 1 amide bonds. The number of hydrogen-bond acceptors (Lipinski definition) is 3. The largest absolute Gasteiger partial charge is 0.391 e. The molecule has 2 N–H and O–H groups in total. The van der Waals surface area contributed by atoms with E-state index in [9.17, 15) is 9.90 Å². The zero-order valence-electron chi connectivity index (χ0n) is 10.9. The Balaban J connectivity index is 2.00. The van der Waals surface area contributed by atoms with E-state index in [1.807, 2.05) is 43.3 Å². The lowest BCUT2D eigenvalue weighted by molar-refractivity contribution is 0.0873. The third kappa shape index (κ3) is 2.82. The maximum Gasteiger partial charge on any atom is 0.251 e. The summed E-state index contributed by atoms with van der Waals surface area (Å²) < 4.78 is 0. The molecule has 98 valence electrons. The van der Waals surface area contributed by atoms with Gasteiger partial charge in [0.2, 0.25) is 0 Å². The smallest absolute Gasteiger partial charge is 0.251 e. The standard InChI is InChI=1S/C14H20N2O2/c1-16(2)11-8-6-10(7-9-11)14(18)15-12-4-3-5-13(12)17/h6-9,12-13,17H,3-5H2,1-2H3,(H,15,18). The summed E-state index contributed by atoms with van der Waals surface area (Å²) in [7, 11) is 3.92. The van der Waals surface area contributed by atoms with Crippen molar-refractivity contribution in [3.8, 4) is 0 Å². The van der Waals surface area contributed by atoms with Gasteiger partial charge in [-0.1, -0.05) is 0 Å². The average Bonchev–Trinajstić information content (AvgIpc) is 2.75. The Morgan fingerprint density at radius 3 is 2.44 bits per heavy atom. The van der Waals surface area contributed by atoms with Gasteiger partial charge in [0.05, 0.1) is 12.1 Å². The number of carbonyl (C=O) groups excluding carboxylic acids is 1. The highest BCUT2D eigenvalue weighted by molar-refractivity contribution is 5.94. The molecular formula is C14H20N2O2. The number of hydrogen-bond donors (Lipinski definition) is 2. The number of aliphatic hydroxyl groups is 1. The van der Waals surface area contributed by atoms with Crippen molar-refractivity contribution in [2.75, 3.05) is 19.0 Å². The fourth-order valence-electron chi connectivity index (χ4n) is 2.27. The van der Waals surface area contributed by atoms with Crippen LogP contribution >= 0.6 is 0 Å². The molecule has 1 saturated carbocycles. The number of carbonyl (C=O) groups is 1. The van der Waals surface area contributed by atoms with E-state index >= 15 is 0 Å². The summed E-state index contributed by atoms with van der Waals surface area (Å²) in [6.45, 7) is 0. The van der Waals surface area contributed by atoms with Crippen molar-refractivity contribution in [1.82, 2.24) is 5.32 Å². The minimum absolute atomic E-state index is 0.0916. The van der Waals surface area contributed by atoms with E-state index in [1.165, 1.54) is 0 Å². The zero-order chi connectivity index (χ0) is 13.1. The van der Waals surface area contributed by atoms with Crippen molar-refractivity contribution in [3.05, 3.63) is 29.8 Å². The topological polar surface area (TPSA) is 52.6 Å². The highest BCUT2D eigenvalue weighted by Crippen LogP contribution is 2.19. The lowest BCUT2D eigenvalue weighted by Gasteiger charge is -2.17. The van der Waals surface area contributed by atoms with Crippen LogP contribution in [0.1, 0.15) is 29.6 Å². The summed E-state index contributed by atoms with van der Waals surface area (Å²) in [5, 5.41) is 12.6. The Morgan fingerprint density at radius 2 is 1.94 bits per heavy atom. The lowest BCUT2D eigenvalue weighted by Crippen LogP contribution is -2.39. The maximum atomic E-state index is 12.0. The molecule has 2 unspecified atom stereocenters. The van der Waals surface area contributed by atoms with Crippen LogP contribution in [0.4, 0.5) is 5.69 Å². The highest BCUT2D eigenvalue weighted by atomic mass is 16.3. The fraction of sp³-hybridized carbons (Fsp3) is 0.500. The van der Waals surface area contributed by atoms with Gasteiger partial charge in [0.1, 0.15) is 0 Å². The molecule has 0 aliphatic heterocycles. The van der Waals surface area contributed by atoms with E-state index in [1.54, 1.807) is 0 Å². The van der Waals surface area contributed by atoms with Crippen LogP contribution < -0.4 is 10.2 Å². The van der Waals surface area contributed by atoms with Crippen LogP contribution in [0.3, 0.4) is 0 Å². The molecule has 0 heterocycles. The predicted octanol–water partition coefficient (Wildman–Crippen LogP) is 1.40. The number of benzene rings is 1. The molecule has 1 aromatic rings. The molecule has 1 aromatic carbocycles. The van der Waals surface area contributed by atoms with Crippen molar-refractivity contribution in [2.24, 2.45) is 0 Å². The Morgan fingerprint density at radius 1 is 1.28 bits per heavy atom. The first kappa shape index (κ1) is 12.9. The van der Waals surface area contributed by atoms with Gasteiger partial charge in [-0.25, -0.2) is 0 Å². The molecule has 1 fully saturated rings. The first-order valence-electron chi connectivity index (χ1n) is 6.34. The van der Waals surface area contributed by atoms with E-state index in [0.29, 0.717) is 5.56 Å². The molecule has 4 heteroatoms. The summed E-state index contributed by atoms with van der Waals surface area (Å²) >= 11 is 0. The average molecular weight is 248 g/mol. The monoisotopic (exact) mass is 248 g/mol. The molecule has 0 spiro atoms. The minimum Gasteiger partial charge on any atom is -0.391 e. The van der Waals surface area contributed by atoms with Gasteiger partial charge in [-0.05, 0) is 43.5 Å². The molecule has 0 aromatic heterocycles. The Hall–Kier alpha value is -1.55. The molecular weight excluding hydrogens is 228 g/mol. The predicted molar refractivity (Wildman–Crippen MR) is 71.9 cm³/mol. The van der Waals surface area contributed by atoms with Gasteiger partial charge in [-0.2, -0.15) is 0 Å². The molecule has 18 heavy (non-hydrogen) atoms. The minimum atomic E-state index is -0.394. The second kappa shape index (κ2) is 5.40. The fourth-order valence-corrected chi connectivity index (χ4v) is 2.27. The summed E-state index contributed by atoms with van der Waals surface area (Å²) in [6, 6.07) is 7.36.